The normalized spacial score (nSPS) is 11.9. The summed E-state index contributed by atoms with van der Waals surface area (Å²) in [5.74, 6) is 0. The van der Waals surface area contributed by atoms with Crippen molar-refractivity contribution in [2.45, 2.75) is 0 Å². The SMILES string of the molecule is c1cc(-c2cccc(-c3ccc4oc5ccc(-c6cccc(-c7ccc8oc9ccncc9c8c7)c6)cc5c4c3)c2)cc(-c2ccc3oc4ccncc4c3c2)c1. The lowest BCUT2D eigenvalue weighted by Crippen LogP contribution is -1.84. The largest absolute Gasteiger partial charge is 0.456 e. The van der Waals surface area contributed by atoms with E-state index in [1.54, 1.807) is 12.4 Å². The van der Waals surface area contributed by atoms with Crippen LogP contribution in [0.2, 0.25) is 0 Å². The summed E-state index contributed by atoms with van der Waals surface area (Å²) < 4.78 is 18.5. The molecular weight excluding hydrogens is 701 g/mol. The maximum atomic E-state index is 6.37. The van der Waals surface area contributed by atoms with E-state index in [2.05, 4.69) is 149 Å². The van der Waals surface area contributed by atoms with Gasteiger partial charge in [0.15, 0.2) is 0 Å². The van der Waals surface area contributed by atoms with Crippen molar-refractivity contribution in [3.8, 4) is 55.6 Å². The van der Waals surface area contributed by atoms with Gasteiger partial charge in [0.2, 0.25) is 0 Å². The van der Waals surface area contributed by atoms with Crippen LogP contribution in [0.15, 0.2) is 196 Å². The molecule has 0 spiro atoms. The monoisotopic (exact) mass is 730 g/mol. The molecule has 5 heteroatoms. The van der Waals surface area contributed by atoms with Gasteiger partial charge < -0.3 is 13.3 Å². The zero-order valence-electron chi connectivity index (χ0n) is 30.4. The molecule has 0 bridgehead atoms. The average Bonchev–Trinajstić information content (AvgIpc) is 3.96. The molecule has 0 N–H and O–H groups in total. The molecule has 12 aromatic rings. The lowest BCUT2D eigenvalue weighted by molar-refractivity contribution is 0.668. The fraction of sp³-hybridized carbons (Fsp3) is 0. The van der Waals surface area contributed by atoms with Gasteiger partial charge in [-0.05, 0) is 134 Å². The van der Waals surface area contributed by atoms with E-state index in [9.17, 15) is 0 Å². The highest BCUT2D eigenvalue weighted by Gasteiger charge is 2.14. The van der Waals surface area contributed by atoms with Gasteiger partial charge >= 0.3 is 0 Å². The first-order valence-electron chi connectivity index (χ1n) is 19.0. The Hall–Kier alpha value is -7.76. The Morgan fingerprint density at radius 3 is 0.825 bits per heavy atom. The van der Waals surface area contributed by atoms with Crippen LogP contribution in [0.3, 0.4) is 0 Å². The molecule has 5 nitrogen and oxygen atoms in total. The maximum absolute atomic E-state index is 6.37. The Bertz CT molecular complexity index is 3550. The Labute approximate surface area is 326 Å². The van der Waals surface area contributed by atoms with E-state index in [-0.39, 0.29) is 0 Å². The van der Waals surface area contributed by atoms with Crippen molar-refractivity contribution in [2.24, 2.45) is 0 Å². The molecule has 5 aromatic heterocycles. The third kappa shape index (κ3) is 5.24. The Kier molecular flexibility index (Phi) is 6.86. The van der Waals surface area contributed by atoms with Gasteiger partial charge in [0.25, 0.3) is 0 Å². The van der Waals surface area contributed by atoms with Gasteiger partial charge in [-0.2, -0.15) is 0 Å². The first-order valence-corrected chi connectivity index (χ1v) is 19.0. The molecule has 12 rings (SSSR count). The molecular formula is C52H30N2O3. The molecule has 0 aliphatic heterocycles. The summed E-state index contributed by atoms with van der Waals surface area (Å²) in [5, 5.41) is 6.37. The lowest BCUT2D eigenvalue weighted by atomic mass is 9.95. The second-order valence-electron chi connectivity index (χ2n) is 14.6. The minimum Gasteiger partial charge on any atom is -0.456 e. The number of pyridine rings is 2. The molecule has 57 heavy (non-hydrogen) atoms. The first kappa shape index (κ1) is 31.6. The van der Waals surface area contributed by atoms with Crippen LogP contribution >= 0.6 is 0 Å². The second kappa shape index (κ2) is 12.4. The summed E-state index contributed by atoms with van der Waals surface area (Å²) in [5.41, 5.74) is 16.6. The smallest absolute Gasteiger partial charge is 0.138 e. The van der Waals surface area contributed by atoms with Crippen molar-refractivity contribution in [1.29, 1.82) is 0 Å². The van der Waals surface area contributed by atoms with E-state index in [0.717, 1.165) is 121 Å². The Balaban J connectivity index is 0.881. The lowest BCUT2D eigenvalue weighted by Gasteiger charge is -2.09. The van der Waals surface area contributed by atoms with E-state index >= 15 is 0 Å². The van der Waals surface area contributed by atoms with Gasteiger partial charge in [0.1, 0.15) is 33.5 Å². The minimum atomic E-state index is 0.848. The van der Waals surface area contributed by atoms with Crippen LogP contribution in [-0.2, 0) is 0 Å². The molecule has 5 heterocycles. The summed E-state index contributed by atoms with van der Waals surface area (Å²) in [6.07, 6.45) is 7.27. The van der Waals surface area contributed by atoms with E-state index in [0.29, 0.717) is 0 Å². The first-order chi connectivity index (χ1) is 28.2. The van der Waals surface area contributed by atoms with Gasteiger partial charge in [-0.25, -0.2) is 0 Å². The number of hydrogen-bond donors (Lipinski definition) is 0. The van der Waals surface area contributed by atoms with Gasteiger partial charge in [-0.3, -0.25) is 9.97 Å². The quantitative estimate of drug-likeness (QED) is 0.176. The summed E-state index contributed by atoms with van der Waals surface area (Å²) >= 11 is 0. The van der Waals surface area contributed by atoms with E-state index in [4.69, 9.17) is 13.3 Å². The summed E-state index contributed by atoms with van der Waals surface area (Å²) in [4.78, 5) is 8.65. The number of nitrogens with zero attached hydrogens (tertiary/aromatic N) is 2. The predicted octanol–water partition coefficient (Wildman–Crippen LogP) is 14.5. The van der Waals surface area contributed by atoms with Crippen molar-refractivity contribution in [3.05, 3.63) is 183 Å². The second-order valence-corrected chi connectivity index (χ2v) is 14.6. The van der Waals surface area contributed by atoms with Crippen LogP contribution in [0.4, 0.5) is 0 Å². The fourth-order valence-electron chi connectivity index (χ4n) is 8.37. The summed E-state index contributed by atoms with van der Waals surface area (Å²) in [7, 11) is 0. The van der Waals surface area contributed by atoms with Gasteiger partial charge in [-0.1, -0.05) is 78.9 Å². The van der Waals surface area contributed by atoms with E-state index in [1.165, 1.54) is 0 Å². The van der Waals surface area contributed by atoms with Gasteiger partial charge in [-0.15, -0.1) is 0 Å². The molecule has 0 saturated heterocycles. The van der Waals surface area contributed by atoms with E-state index < -0.39 is 0 Å². The molecule has 266 valence electrons. The predicted molar refractivity (Wildman–Crippen MR) is 231 cm³/mol. The van der Waals surface area contributed by atoms with Crippen LogP contribution in [0.1, 0.15) is 0 Å². The molecule has 0 aliphatic carbocycles. The number of hydrogen-bond acceptors (Lipinski definition) is 5. The molecule has 0 amide bonds. The highest BCUT2D eigenvalue weighted by atomic mass is 16.3. The third-order valence-corrected chi connectivity index (χ3v) is 11.3. The van der Waals surface area contributed by atoms with Crippen molar-refractivity contribution < 1.29 is 13.3 Å². The Morgan fingerprint density at radius 1 is 0.246 bits per heavy atom. The van der Waals surface area contributed by atoms with Crippen LogP contribution in [-0.4, -0.2) is 9.97 Å². The average molecular weight is 731 g/mol. The van der Waals surface area contributed by atoms with Crippen molar-refractivity contribution in [1.82, 2.24) is 9.97 Å². The number of fused-ring (bicyclic) bond motifs is 9. The molecule has 0 atom stereocenters. The third-order valence-electron chi connectivity index (χ3n) is 11.3. The standard InChI is InChI=1S/C52H30N2O3/c1-4-31(32-5-2-7-34(23-32)39-12-16-49-43(27-39)45-29-53-20-18-51(45)56-49)22-33(6-1)37-10-14-47-41(25-37)42-26-38(11-15-48(42)55-47)35-8-3-9-36(24-35)40-13-17-50-44(28-40)46-30-54-21-19-52(46)57-50/h1-30H. The van der Waals surface area contributed by atoms with Crippen molar-refractivity contribution in [2.75, 3.05) is 0 Å². The van der Waals surface area contributed by atoms with Crippen LogP contribution < -0.4 is 0 Å². The van der Waals surface area contributed by atoms with Crippen LogP contribution in [0.25, 0.3) is 121 Å². The maximum Gasteiger partial charge on any atom is 0.138 e. The summed E-state index contributed by atoms with van der Waals surface area (Å²) in [6.45, 7) is 0. The van der Waals surface area contributed by atoms with Crippen molar-refractivity contribution in [3.63, 3.8) is 0 Å². The molecule has 7 aromatic carbocycles. The zero-order valence-corrected chi connectivity index (χ0v) is 30.4. The zero-order chi connectivity index (χ0) is 37.5. The molecule has 0 unspecified atom stereocenters. The number of aromatic nitrogens is 2. The molecule has 0 aliphatic rings. The summed E-state index contributed by atoms with van der Waals surface area (Å²) in [6, 6.07) is 55.8. The Morgan fingerprint density at radius 2 is 0.509 bits per heavy atom. The van der Waals surface area contributed by atoms with Crippen molar-refractivity contribution >= 4 is 65.8 Å². The molecule has 0 radical (unpaired) electrons. The van der Waals surface area contributed by atoms with Gasteiger partial charge in [0, 0.05) is 57.1 Å². The highest BCUT2D eigenvalue weighted by molar-refractivity contribution is 6.09. The number of rotatable bonds is 5. The molecule has 0 saturated carbocycles. The topological polar surface area (TPSA) is 65.2 Å². The fourth-order valence-corrected chi connectivity index (χ4v) is 8.37. The van der Waals surface area contributed by atoms with E-state index in [1.807, 2.05) is 30.6 Å². The minimum absolute atomic E-state index is 0.848. The highest BCUT2D eigenvalue weighted by Crippen LogP contribution is 2.39. The van der Waals surface area contributed by atoms with Gasteiger partial charge in [0.05, 0.1) is 0 Å². The molecule has 0 fully saturated rings. The number of benzene rings is 7. The van der Waals surface area contributed by atoms with Crippen LogP contribution in [0.5, 0.6) is 0 Å². The van der Waals surface area contributed by atoms with Crippen LogP contribution in [0, 0.1) is 0 Å². The number of furan rings is 3.